The van der Waals surface area contributed by atoms with Gasteiger partial charge in [0.1, 0.15) is 5.75 Å². The first kappa shape index (κ1) is 30.0. The Labute approximate surface area is 227 Å². The van der Waals surface area contributed by atoms with Gasteiger partial charge in [-0.2, -0.15) is 13.2 Å². The van der Waals surface area contributed by atoms with Gasteiger partial charge in [0, 0.05) is 37.7 Å². The fourth-order valence-electron chi connectivity index (χ4n) is 4.62. The van der Waals surface area contributed by atoms with Crippen LogP contribution < -0.4 is 9.64 Å². The number of aromatic nitrogens is 1. The van der Waals surface area contributed by atoms with Crippen molar-refractivity contribution in [2.24, 2.45) is 0 Å². The van der Waals surface area contributed by atoms with Crippen LogP contribution in [0.4, 0.5) is 18.9 Å². The Morgan fingerprint density at radius 2 is 1.90 bits per heavy atom. The highest BCUT2D eigenvalue weighted by Gasteiger charge is 2.30. The zero-order valence-corrected chi connectivity index (χ0v) is 22.7. The summed E-state index contributed by atoms with van der Waals surface area (Å²) in [5, 5.41) is 9.04. The summed E-state index contributed by atoms with van der Waals surface area (Å²) in [7, 11) is 3.63. The normalized spacial score (nSPS) is 12.3. The Morgan fingerprint density at radius 1 is 1.13 bits per heavy atom. The van der Waals surface area contributed by atoms with Gasteiger partial charge in [0.05, 0.1) is 17.3 Å². The van der Waals surface area contributed by atoms with Crippen molar-refractivity contribution in [3.05, 3.63) is 77.0 Å². The molecule has 39 heavy (non-hydrogen) atoms. The summed E-state index contributed by atoms with van der Waals surface area (Å²) in [5.41, 5.74) is 3.76. The zero-order valence-electron chi connectivity index (χ0n) is 22.7. The van der Waals surface area contributed by atoms with E-state index in [9.17, 15) is 18.0 Å². The van der Waals surface area contributed by atoms with Crippen molar-refractivity contribution in [2.75, 3.05) is 32.3 Å². The number of methoxy groups -OCH3 is 1. The summed E-state index contributed by atoms with van der Waals surface area (Å²) < 4.78 is 50.4. The van der Waals surface area contributed by atoms with E-state index in [2.05, 4.69) is 16.8 Å². The van der Waals surface area contributed by atoms with E-state index < -0.39 is 24.3 Å². The molecule has 1 heterocycles. The Hall–Kier alpha value is -3.59. The van der Waals surface area contributed by atoms with E-state index in [-0.39, 0.29) is 6.04 Å². The number of carbonyl (C=O) groups is 1. The number of rotatable bonds is 13. The van der Waals surface area contributed by atoms with Crippen molar-refractivity contribution >= 4 is 11.7 Å². The number of benzene rings is 2. The van der Waals surface area contributed by atoms with Crippen molar-refractivity contribution in [3.8, 4) is 17.0 Å². The molecule has 0 saturated carbocycles. The molecule has 6 nitrogen and oxygen atoms in total. The quantitative estimate of drug-likeness (QED) is 0.232. The minimum Gasteiger partial charge on any atom is -0.482 e. The molecule has 3 aromatic rings. The van der Waals surface area contributed by atoms with Gasteiger partial charge in [0.15, 0.2) is 6.61 Å². The molecule has 0 amide bonds. The second-order valence-corrected chi connectivity index (χ2v) is 9.44. The van der Waals surface area contributed by atoms with E-state index in [1.807, 2.05) is 32.2 Å². The first-order valence-electron chi connectivity index (χ1n) is 12.9. The third kappa shape index (κ3) is 7.95. The number of anilines is 1. The highest BCUT2D eigenvalue weighted by Crippen LogP contribution is 2.36. The number of pyridine rings is 1. The number of alkyl halides is 3. The van der Waals surface area contributed by atoms with Crippen molar-refractivity contribution in [2.45, 2.75) is 51.7 Å². The molecule has 0 saturated heterocycles. The van der Waals surface area contributed by atoms with E-state index in [1.54, 1.807) is 25.3 Å². The summed E-state index contributed by atoms with van der Waals surface area (Å²) in [4.78, 5) is 17.9. The van der Waals surface area contributed by atoms with Crippen LogP contribution in [0, 0.1) is 6.92 Å². The van der Waals surface area contributed by atoms with Crippen molar-refractivity contribution in [3.63, 3.8) is 0 Å². The Bertz CT molecular complexity index is 1260. The van der Waals surface area contributed by atoms with E-state index in [1.165, 1.54) is 6.07 Å². The number of ether oxygens (including phenoxy) is 2. The third-order valence-corrected chi connectivity index (χ3v) is 6.60. The van der Waals surface area contributed by atoms with Gasteiger partial charge in [-0.05, 0) is 73.7 Å². The molecular formula is C30H35F3N2O4. The SMILES string of the molecule is CCCC(c1ccc(-c2cccc(C(F)(F)F)c2)nc1C)N(C)c1ccc(OCC(=O)O)c(CCCOC)c1. The van der Waals surface area contributed by atoms with Crippen molar-refractivity contribution < 1.29 is 32.5 Å². The van der Waals surface area contributed by atoms with Crippen LogP contribution in [0.15, 0.2) is 54.6 Å². The zero-order chi connectivity index (χ0) is 28.6. The number of hydrogen-bond acceptors (Lipinski definition) is 5. The maximum absolute atomic E-state index is 13.2. The van der Waals surface area contributed by atoms with Gasteiger partial charge in [0.25, 0.3) is 0 Å². The minimum atomic E-state index is -4.42. The molecule has 1 atom stereocenters. The molecule has 210 valence electrons. The lowest BCUT2D eigenvalue weighted by Crippen LogP contribution is -2.25. The second-order valence-electron chi connectivity index (χ2n) is 9.44. The van der Waals surface area contributed by atoms with Crippen LogP contribution in [-0.2, 0) is 22.1 Å². The van der Waals surface area contributed by atoms with Gasteiger partial charge in [-0.1, -0.05) is 31.5 Å². The van der Waals surface area contributed by atoms with Gasteiger partial charge < -0.3 is 19.5 Å². The fraction of sp³-hybridized carbons (Fsp3) is 0.400. The molecule has 0 radical (unpaired) electrons. The monoisotopic (exact) mass is 544 g/mol. The molecule has 9 heteroatoms. The van der Waals surface area contributed by atoms with Gasteiger partial charge >= 0.3 is 12.1 Å². The number of aliphatic carboxylic acids is 1. The molecule has 0 spiro atoms. The second kappa shape index (κ2) is 13.5. The number of nitrogens with zero attached hydrogens (tertiary/aromatic N) is 2. The number of halogens is 3. The highest BCUT2D eigenvalue weighted by atomic mass is 19.4. The first-order chi connectivity index (χ1) is 18.5. The molecule has 1 unspecified atom stereocenters. The molecule has 0 aliphatic carbocycles. The van der Waals surface area contributed by atoms with E-state index in [0.717, 1.165) is 53.9 Å². The fourth-order valence-corrected chi connectivity index (χ4v) is 4.62. The average molecular weight is 545 g/mol. The van der Waals surface area contributed by atoms with Crippen LogP contribution in [0.5, 0.6) is 5.75 Å². The number of carboxylic acid groups (broad SMARTS) is 1. The Balaban J connectivity index is 1.93. The summed E-state index contributed by atoms with van der Waals surface area (Å²) in [5.74, 6) is -0.514. The van der Waals surface area contributed by atoms with Gasteiger partial charge in [0.2, 0.25) is 0 Å². The summed E-state index contributed by atoms with van der Waals surface area (Å²) in [6, 6.07) is 14.6. The van der Waals surface area contributed by atoms with Crippen LogP contribution in [0.1, 0.15) is 54.6 Å². The van der Waals surface area contributed by atoms with Gasteiger partial charge in [-0.15, -0.1) is 0 Å². The molecule has 0 bridgehead atoms. The topological polar surface area (TPSA) is 71.9 Å². The molecule has 1 aromatic heterocycles. The molecule has 2 aromatic carbocycles. The lowest BCUT2D eigenvalue weighted by Gasteiger charge is -2.32. The Kier molecular flexibility index (Phi) is 10.3. The molecule has 0 aliphatic rings. The standard InChI is InChI=1S/C30H35F3N2O4/c1-5-8-27(25-13-14-26(34-20(25)2)21-9-6-11-23(17-21)30(31,32)33)35(3)24-12-15-28(39-19-29(36)37)22(18-24)10-7-16-38-4/h6,9,11-15,17-18,27H,5,7-8,10,16,19H2,1-4H3,(H,36,37). The van der Waals surface area contributed by atoms with Crippen LogP contribution in [0.2, 0.25) is 0 Å². The maximum atomic E-state index is 13.2. The predicted molar refractivity (Wildman–Crippen MR) is 145 cm³/mol. The smallest absolute Gasteiger partial charge is 0.416 e. The summed E-state index contributed by atoms with van der Waals surface area (Å²) >= 11 is 0. The lowest BCUT2D eigenvalue weighted by atomic mass is 9.97. The number of carboxylic acids is 1. The maximum Gasteiger partial charge on any atom is 0.416 e. The van der Waals surface area contributed by atoms with Crippen LogP contribution in [-0.4, -0.2) is 43.4 Å². The van der Waals surface area contributed by atoms with Gasteiger partial charge in [-0.25, -0.2) is 4.79 Å². The predicted octanol–water partition coefficient (Wildman–Crippen LogP) is 7.10. The lowest BCUT2D eigenvalue weighted by molar-refractivity contribution is -0.139. The van der Waals surface area contributed by atoms with Crippen molar-refractivity contribution in [1.29, 1.82) is 0 Å². The first-order valence-corrected chi connectivity index (χ1v) is 12.9. The third-order valence-electron chi connectivity index (χ3n) is 6.60. The summed E-state index contributed by atoms with van der Waals surface area (Å²) in [6.45, 7) is 4.12. The molecule has 0 aliphatic heterocycles. The minimum absolute atomic E-state index is 0.0318. The average Bonchev–Trinajstić information content (AvgIpc) is 2.90. The van der Waals surface area contributed by atoms with E-state index >= 15 is 0 Å². The largest absolute Gasteiger partial charge is 0.482 e. The molecule has 1 N–H and O–H groups in total. The highest BCUT2D eigenvalue weighted by molar-refractivity contribution is 5.68. The van der Waals surface area contributed by atoms with Gasteiger partial charge in [-0.3, -0.25) is 4.98 Å². The molecular weight excluding hydrogens is 509 g/mol. The Morgan fingerprint density at radius 3 is 2.54 bits per heavy atom. The van der Waals surface area contributed by atoms with E-state index in [0.29, 0.717) is 30.0 Å². The van der Waals surface area contributed by atoms with E-state index in [4.69, 9.17) is 14.6 Å². The summed E-state index contributed by atoms with van der Waals surface area (Å²) in [6.07, 6.45) is -1.26. The van der Waals surface area contributed by atoms with Crippen LogP contribution >= 0.6 is 0 Å². The van der Waals surface area contributed by atoms with Crippen LogP contribution in [0.25, 0.3) is 11.3 Å². The number of aryl methyl sites for hydroxylation is 2. The molecule has 0 fully saturated rings. The number of hydrogen-bond donors (Lipinski definition) is 1. The van der Waals surface area contributed by atoms with Crippen LogP contribution in [0.3, 0.4) is 0 Å². The van der Waals surface area contributed by atoms with Crippen molar-refractivity contribution in [1.82, 2.24) is 4.98 Å². The molecule has 3 rings (SSSR count).